The van der Waals surface area contributed by atoms with Crippen LogP contribution in [0.1, 0.15) is 51.9 Å². The van der Waals surface area contributed by atoms with Crippen molar-refractivity contribution in [3.63, 3.8) is 0 Å². The molecule has 3 aliphatic rings. The maximum atomic E-state index is 12.4. The Bertz CT molecular complexity index is 380. The van der Waals surface area contributed by atoms with Crippen LogP contribution in [0.5, 0.6) is 0 Å². The summed E-state index contributed by atoms with van der Waals surface area (Å²) in [5.41, 5.74) is 2.50. The van der Waals surface area contributed by atoms with E-state index in [0.717, 1.165) is 24.3 Å². The van der Waals surface area contributed by atoms with Crippen molar-refractivity contribution >= 4 is 5.78 Å². The molecule has 0 radical (unpaired) electrons. The van der Waals surface area contributed by atoms with Crippen LogP contribution in [0.2, 0.25) is 0 Å². The van der Waals surface area contributed by atoms with Crippen LogP contribution in [-0.4, -0.2) is 5.78 Å². The molecule has 0 bridgehead atoms. The number of hydrogen-bond donors (Lipinski definition) is 0. The Labute approximate surface area is 104 Å². The molecule has 0 aromatic rings. The largest absolute Gasteiger partial charge is 0.294 e. The first-order valence-corrected chi connectivity index (χ1v) is 7.26. The lowest BCUT2D eigenvalue weighted by molar-refractivity contribution is -0.118. The minimum Gasteiger partial charge on any atom is -0.294 e. The Morgan fingerprint density at radius 2 is 2.06 bits per heavy atom. The van der Waals surface area contributed by atoms with Gasteiger partial charge >= 0.3 is 0 Å². The molecule has 1 nitrogen and oxygen atoms in total. The Hall–Kier alpha value is -0.850. The lowest BCUT2D eigenvalue weighted by Crippen LogP contribution is -2.14. The summed E-state index contributed by atoms with van der Waals surface area (Å²) in [5, 5.41) is 0. The summed E-state index contributed by atoms with van der Waals surface area (Å²) in [6.07, 6.45) is 13.2. The summed E-state index contributed by atoms with van der Waals surface area (Å²) in [7, 11) is 0. The van der Waals surface area contributed by atoms with Crippen molar-refractivity contribution in [2.24, 2.45) is 17.8 Å². The van der Waals surface area contributed by atoms with Crippen LogP contribution < -0.4 is 0 Å². The number of allylic oxidation sites excluding steroid dienone is 4. The molecule has 0 aromatic carbocycles. The van der Waals surface area contributed by atoms with Crippen LogP contribution in [0.4, 0.5) is 0 Å². The third-order valence-corrected chi connectivity index (χ3v) is 4.24. The van der Waals surface area contributed by atoms with Crippen molar-refractivity contribution < 1.29 is 4.79 Å². The Morgan fingerprint density at radius 3 is 2.65 bits per heavy atom. The number of ketones is 1. The number of unbranched alkanes of at least 4 members (excludes halogenated alkanes) is 1. The smallest absolute Gasteiger partial charge is 0.166 e. The summed E-state index contributed by atoms with van der Waals surface area (Å²) in [4.78, 5) is 12.4. The van der Waals surface area contributed by atoms with E-state index in [9.17, 15) is 4.79 Å². The molecule has 3 rings (SSSR count). The summed E-state index contributed by atoms with van der Waals surface area (Å²) in [6.45, 7) is 2.19. The van der Waals surface area contributed by atoms with Crippen molar-refractivity contribution in [3.8, 4) is 0 Å². The monoisotopic (exact) mass is 230 g/mol. The fourth-order valence-electron chi connectivity index (χ4n) is 2.88. The third kappa shape index (κ3) is 2.38. The van der Waals surface area contributed by atoms with Crippen molar-refractivity contribution in [1.82, 2.24) is 0 Å². The van der Waals surface area contributed by atoms with E-state index in [1.807, 2.05) is 0 Å². The van der Waals surface area contributed by atoms with E-state index in [1.165, 1.54) is 37.7 Å². The molecular formula is C16H22O. The van der Waals surface area contributed by atoms with E-state index in [1.54, 1.807) is 0 Å². The van der Waals surface area contributed by atoms with Crippen LogP contribution in [0, 0.1) is 17.8 Å². The van der Waals surface area contributed by atoms with Gasteiger partial charge in [-0.3, -0.25) is 4.79 Å². The van der Waals surface area contributed by atoms with Crippen molar-refractivity contribution in [3.05, 3.63) is 23.3 Å². The minimum absolute atomic E-state index is 0.266. The van der Waals surface area contributed by atoms with Crippen LogP contribution in [-0.2, 0) is 4.79 Å². The Morgan fingerprint density at radius 1 is 1.29 bits per heavy atom. The molecule has 2 saturated carbocycles. The van der Waals surface area contributed by atoms with Crippen LogP contribution in [0.25, 0.3) is 0 Å². The number of carbonyl (C=O) groups excluding carboxylic acids is 1. The number of rotatable bonds is 5. The predicted molar refractivity (Wildman–Crippen MR) is 69.6 cm³/mol. The summed E-state index contributed by atoms with van der Waals surface area (Å²) in [6, 6.07) is 0. The molecule has 0 spiro atoms. The first kappa shape index (κ1) is 11.3. The lowest BCUT2D eigenvalue weighted by Gasteiger charge is -2.09. The van der Waals surface area contributed by atoms with Gasteiger partial charge in [0.2, 0.25) is 0 Å². The van der Waals surface area contributed by atoms with Gasteiger partial charge in [-0.2, -0.15) is 0 Å². The molecule has 0 heterocycles. The SMILES string of the molecule is CCCCC1=C/C(=C\C2CC2)C(C2CC2)C1=O. The molecule has 0 amide bonds. The van der Waals surface area contributed by atoms with Crippen LogP contribution in [0.15, 0.2) is 23.3 Å². The van der Waals surface area contributed by atoms with E-state index in [2.05, 4.69) is 19.1 Å². The summed E-state index contributed by atoms with van der Waals surface area (Å²) in [5.74, 6) is 2.21. The van der Waals surface area contributed by atoms with E-state index in [4.69, 9.17) is 0 Å². The fraction of sp³-hybridized carbons (Fsp3) is 0.688. The van der Waals surface area contributed by atoms with Gasteiger partial charge in [0, 0.05) is 5.92 Å². The van der Waals surface area contributed by atoms with Crippen molar-refractivity contribution in [1.29, 1.82) is 0 Å². The van der Waals surface area contributed by atoms with Crippen molar-refractivity contribution in [2.75, 3.05) is 0 Å². The van der Waals surface area contributed by atoms with Gasteiger partial charge in [0.25, 0.3) is 0 Å². The number of hydrogen-bond acceptors (Lipinski definition) is 1. The van der Waals surface area contributed by atoms with Gasteiger partial charge in [0.15, 0.2) is 5.78 Å². The highest BCUT2D eigenvalue weighted by atomic mass is 16.1. The second kappa shape index (κ2) is 4.44. The van der Waals surface area contributed by atoms with Crippen LogP contribution >= 0.6 is 0 Å². The highest BCUT2D eigenvalue weighted by Crippen LogP contribution is 2.47. The standard InChI is InChI=1S/C16H22O/c1-2-3-4-13-10-14(9-11-5-6-11)15(16(13)17)12-7-8-12/h9-12,15H,2-8H2,1H3/b14-9+. The van der Waals surface area contributed by atoms with Gasteiger partial charge in [0.05, 0.1) is 0 Å². The van der Waals surface area contributed by atoms with Crippen LogP contribution in [0.3, 0.4) is 0 Å². The molecule has 0 N–H and O–H groups in total. The molecule has 0 saturated heterocycles. The molecule has 0 aliphatic heterocycles. The average Bonchev–Trinajstić information content (AvgIpc) is 3.18. The molecule has 1 heteroatoms. The molecule has 17 heavy (non-hydrogen) atoms. The molecule has 0 aromatic heterocycles. The molecule has 3 aliphatic carbocycles. The van der Waals surface area contributed by atoms with Gasteiger partial charge in [-0.15, -0.1) is 0 Å². The van der Waals surface area contributed by atoms with Crippen molar-refractivity contribution in [2.45, 2.75) is 51.9 Å². The third-order valence-electron chi connectivity index (χ3n) is 4.24. The van der Waals surface area contributed by atoms with E-state index >= 15 is 0 Å². The minimum atomic E-state index is 0.266. The second-order valence-electron chi connectivity index (χ2n) is 5.96. The lowest BCUT2D eigenvalue weighted by atomic mass is 9.92. The predicted octanol–water partition coefficient (Wildman–Crippen LogP) is 4.05. The zero-order valence-electron chi connectivity index (χ0n) is 10.7. The zero-order valence-corrected chi connectivity index (χ0v) is 10.7. The molecular weight excluding hydrogens is 208 g/mol. The molecule has 1 unspecified atom stereocenters. The highest BCUT2D eigenvalue weighted by Gasteiger charge is 2.42. The Balaban J connectivity index is 1.78. The highest BCUT2D eigenvalue weighted by molar-refractivity contribution is 6.03. The number of carbonyl (C=O) groups is 1. The number of Topliss-reactive ketones (excluding diaryl/α,β-unsaturated/α-hetero) is 1. The van der Waals surface area contributed by atoms with E-state index < -0.39 is 0 Å². The van der Waals surface area contributed by atoms with E-state index in [-0.39, 0.29) is 5.92 Å². The van der Waals surface area contributed by atoms with Gasteiger partial charge in [0.1, 0.15) is 0 Å². The molecule has 92 valence electrons. The molecule has 2 fully saturated rings. The Kier molecular flexibility index (Phi) is 2.94. The van der Waals surface area contributed by atoms with Gasteiger partial charge in [-0.1, -0.05) is 25.5 Å². The fourth-order valence-corrected chi connectivity index (χ4v) is 2.88. The normalized spacial score (nSPS) is 31.1. The second-order valence-corrected chi connectivity index (χ2v) is 5.96. The summed E-state index contributed by atoms with van der Waals surface area (Å²) < 4.78 is 0. The van der Waals surface area contributed by atoms with E-state index in [0.29, 0.717) is 11.7 Å². The first-order valence-electron chi connectivity index (χ1n) is 7.26. The first-order chi connectivity index (χ1) is 8.29. The topological polar surface area (TPSA) is 17.1 Å². The van der Waals surface area contributed by atoms with Gasteiger partial charge < -0.3 is 0 Å². The van der Waals surface area contributed by atoms with Gasteiger partial charge in [-0.05, 0) is 61.5 Å². The van der Waals surface area contributed by atoms with Gasteiger partial charge in [-0.25, -0.2) is 0 Å². The maximum absolute atomic E-state index is 12.4. The summed E-state index contributed by atoms with van der Waals surface area (Å²) >= 11 is 0. The zero-order chi connectivity index (χ0) is 11.8. The quantitative estimate of drug-likeness (QED) is 0.696. The molecule has 1 atom stereocenters. The average molecular weight is 230 g/mol. The maximum Gasteiger partial charge on any atom is 0.166 e.